The van der Waals surface area contributed by atoms with Crippen LogP contribution in [0.5, 0.6) is 0 Å². The molecule has 1 N–H and O–H groups in total. The van der Waals surface area contributed by atoms with Crippen LogP contribution in [0, 0.1) is 5.92 Å². The summed E-state index contributed by atoms with van der Waals surface area (Å²) in [6.07, 6.45) is 6.22. The molecule has 3 rings (SSSR count). The van der Waals surface area contributed by atoms with Crippen molar-refractivity contribution in [1.29, 1.82) is 0 Å². The summed E-state index contributed by atoms with van der Waals surface area (Å²) in [4.78, 5) is 14.5. The summed E-state index contributed by atoms with van der Waals surface area (Å²) in [5.74, 6) is 1.23. The Labute approximate surface area is 121 Å². The van der Waals surface area contributed by atoms with Crippen LogP contribution in [-0.2, 0) is 11.2 Å². The van der Waals surface area contributed by atoms with Gasteiger partial charge in [-0.3, -0.25) is 10.1 Å². The number of rotatable bonds is 6. The molecular formula is C17H24N2O. The number of hydrogen-bond acceptors (Lipinski definition) is 2. The van der Waals surface area contributed by atoms with Crippen LogP contribution in [0.1, 0.15) is 38.2 Å². The lowest BCUT2D eigenvalue weighted by Crippen LogP contribution is -2.35. The second kappa shape index (κ2) is 5.96. The molecule has 0 spiro atoms. The van der Waals surface area contributed by atoms with E-state index in [1.807, 2.05) is 23.1 Å². The minimum atomic E-state index is -0.0478. The molecule has 2 unspecified atom stereocenters. The maximum Gasteiger partial charge on any atom is 0.241 e. The molecule has 2 fully saturated rings. The Morgan fingerprint density at radius 1 is 1.25 bits per heavy atom. The smallest absolute Gasteiger partial charge is 0.241 e. The fraction of sp³-hybridized carbons (Fsp3) is 0.588. The lowest BCUT2D eigenvalue weighted by Gasteiger charge is -2.20. The van der Waals surface area contributed by atoms with Crippen LogP contribution >= 0.6 is 0 Å². The largest absolute Gasteiger partial charge is 0.326 e. The lowest BCUT2D eigenvalue weighted by molar-refractivity contribution is -0.129. The van der Waals surface area contributed by atoms with Crippen molar-refractivity contribution in [3.05, 3.63) is 35.9 Å². The van der Waals surface area contributed by atoms with Crippen LogP contribution < -0.4 is 5.32 Å². The second-order valence-electron chi connectivity index (χ2n) is 6.20. The molecule has 2 atom stereocenters. The van der Waals surface area contributed by atoms with Gasteiger partial charge in [0, 0.05) is 6.54 Å². The van der Waals surface area contributed by atoms with E-state index in [2.05, 4.69) is 24.4 Å². The summed E-state index contributed by atoms with van der Waals surface area (Å²) in [5, 5.41) is 3.43. The maximum absolute atomic E-state index is 12.5. The molecule has 0 radical (unpaired) electrons. The quantitative estimate of drug-likeness (QED) is 0.863. The van der Waals surface area contributed by atoms with Gasteiger partial charge in [0.1, 0.15) is 0 Å². The maximum atomic E-state index is 12.5. The standard InChI is InChI=1S/C17H24N2O/c1-13-18-16(12-15-6-3-2-4-7-15)17(20)19(13)11-5-8-14-9-10-14/h2-4,6-7,13-14,16,18H,5,8-12H2,1H3. The molecule has 3 heteroatoms. The Hall–Kier alpha value is -1.35. The third kappa shape index (κ3) is 3.21. The molecule has 1 saturated heterocycles. The Kier molecular flexibility index (Phi) is 4.06. The van der Waals surface area contributed by atoms with Crippen molar-refractivity contribution in [2.75, 3.05) is 6.54 Å². The number of carbonyl (C=O) groups is 1. The SMILES string of the molecule is CC1NC(Cc2ccccc2)C(=O)N1CCCC1CC1. The van der Waals surface area contributed by atoms with Gasteiger partial charge in [0.15, 0.2) is 0 Å². The Balaban J connectivity index is 1.53. The molecule has 108 valence electrons. The first-order valence-electron chi connectivity index (χ1n) is 7.84. The zero-order valence-electron chi connectivity index (χ0n) is 12.2. The number of carbonyl (C=O) groups excluding carboxylic acids is 1. The van der Waals surface area contributed by atoms with E-state index in [0.29, 0.717) is 0 Å². The third-order valence-electron chi connectivity index (χ3n) is 4.48. The second-order valence-corrected chi connectivity index (χ2v) is 6.20. The van der Waals surface area contributed by atoms with E-state index in [-0.39, 0.29) is 18.1 Å². The van der Waals surface area contributed by atoms with Gasteiger partial charge in [0.25, 0.3) is 0 Å². The molecule has 1 aliphatic heterocycles. The molecule has 2 aliphatic rings. The summed E-state index contributed by atoms with van der Waals surface area (Å²) >= 11 is 0. The van der Waals surface area contributed by atoms with Gasteiger partial charge in [0.2, 0.25) is 5.91 Å². The van der Waals surface area contributed by atoms with E-state index in [1.165, 1.54) is 24.8 Å². The fourth-order valence-electron chi connectivity index (χ4n) is 3.10. The first kappa shape index (κ1) is 13.6. The van der Waals surface area contributed by atoms with E-state index >= 15 is 0 Å². The van der Waals surface area contributed by atoms with Gasteiger partial charge in [-0.25, -0.2) is 0 Å². The Morgan fingerprint density at radius 3 is 2.70 bits per heavy atom. The van der Waals surface area contributed by atoms with Gasteiger partial charge in [-0.15, -0.1) is 0 Å². The molecular weight excluding hydrogens is 248 g/mol. The molecule has 0 bridgehead atoms. The zero-order valence-corrected chi connectivity index (χ0v) is 12.2. The summed E-state index contributed by atoms with van der Waals surface area (Å²) in [7, 11) is 0. The molecule has 20 heavy (non-hydrogen) atoms. The number of nitrogens with one attached hydrogen (secondary N) is 1. The highest BCUT2D eigenvalue weighted by Gasteiger charge is 2.36. The van der Waals surface area contributed by atoms with Gasteiger partial charge in [-0.2, -0.15) is 0 Å². The van der Waals surface area contributed by atoms with Crippen molar-refractivity contribution in [1.82, 2.24) is 10.2 Å². The van der Waals surface area contributed by atoms with E-state index < -0.39 is 0 Å². The molecule has 1 aromatic rings. The van der Waals surface area contributed by atoms with Gasteiger partial charge in [0.05, 0.1) is 12.2 Å². The van der Waals surface area contributed by atoms with Gasteiger partial charge < -0.3 is 4.90 Å². The van der Waals surface area contributed by atoms with E-state index in [4.69, 9.17) is 0 Å². The lowest BCUT2D eigenvalue weighted by atomic mass is 10.1. The van der Waals surface area contributed by atoms with Crippen LogP contribution in [0.15, 0.2) is 30.3 Å². The number of hydrogen-bond donors (Lipinski definition) is 1. The third-order valence-corrected chi connectivity index (χ3v) is 4.48. The fourth-order valence-corrected chi connectivity index (χ4v) is 3.10. The number of nitrogens with zero attached hydrogens (tertiary/aromatic N) is 1. The molecule has 0 aromatic heterocycles. The average molecular weight is 272 g/mol. The van der Waals surface area contributed by atoms with Crippen molar-refractivity contribution in [3.63, 3.8) is 0 Å². The minimum absolute atomic E-state index is 0.0478. The van der Waals surface area contributed by atoms with Crippen molar-refractivity contribution in [2.45, 2.75) is 51.2 Å². The van der Waals surface area contributed by atoms with E-state index in [0.717, 1.165) is 25.3 Å². The van der Waals surface area contributed by atoms with Crippen LogP contribution in [0.25, 0.3) is 0 Å². The molecule has 1 heterocycles. The normalized spacial score (nSPS) is 26.2. The summed E-state index contributed by atoms with van der Waals surface area (Å²) in [6, 6.07) is 10.2. The molecule has 3 nitrogen and oxygen atoms in total. The van der Waals surface area contributed by atoms with E-state index in [1.54, 1.807) is 0 Å². The first-order valence-corrected chi connectivity index (χ1v) is 7.84. The minimum Gasteiger partial charge on any atom is -0.326 e. The molecule has 1 amide bonds. The van der Waals surface area contributed by atoms with Gasteiger partial charge in [-0.05, 0) is 37.7 Å². The summed E-state index contributed by atoms with van der Waals surface area (Å²) < 4.78 is 0. The Morgan fingerprint density at radius 2 is 2.00 bits per heavy atom. The van der Waals surface area contributed by atoms with Gasteiger partial charge in [-0.1, -0.05) is 43.2 Å². The predicted molar refractivity (Wildman–Crippen MR) is 80.2 cm³/mol. The van der Waals surface area contributed by atoms with Crippen LogP contribution in [0.4, 0.5) is 0 Å². The van der Waals surface area contributed by atoms with Crippen LogP contribution in [-0.4, -0.2) is 29.6 Å². The first-order chi connectivity index (χ1) is 9.74. The van der Waals surface area contributed by atoms with Crippen molar-refractivity contribution in [2.24, 2.45) is 5.92 Å². The molecule has 1 aliphatic carbocycles. The molecule has 1 aromatic carbocycles. The zero-order chi connectivity index (χ0) is 13.9. The summed E-state index contributed by atoms with van der Waals surface area (Å²) in [5.41, 5.74) is 1.23. The highest BCUT2D eigenvalue weighted by molar-refractivity contribution is 5.84. The van der Waals surface area contributed by atoms with Crippen LogP contribution in [0.3, 0.4) is 0 Å². The van der Waals surface area contributed by atoms with E-state index in [9.17, 15) is 4.79 Å². The topological polar surface area (TPSA) is 32.3 Å². The number of amides is 1. The average Bonchev–Trinajstić information content (AvgIpc) is 3.23. The predicted octanol–water partition coefficient (Wildman–Crippen LogP) is 2.57. The molecule has 1 saturated carbocycles. The Bertz CT molecular complexity index is 455. The monoisotopic (exact) mass is 272 g/mol. The van der Waals surface area contributed by atoms with Gasteiger partial charge >= 0.3 is 0 Å². The van der Waals surface area contributed by atoms with Crippen molar-refractivity contribution in [3.8, 4) is 0 Å². The van der Waals surface area contributed by atoms with Crippen LogP contribution in [0.2, 0.25) is 0 Å². The summed E-state index contributed by atoms with van der Waals surface area (Å²) in [6.45, 7) is 3.01. The number of benzene rings is 1. The highest BCUT2D eigenvalue weighted by atomic mass is 16.2. The van der Waals surface area contributed by atoms with Crippen molar-refractivity contribution < 1.29 is 4.79 Å². The highest BCUT2D eigenvalue weighted by Crippen LogP contribution is 2.33. The van der Waals surface area contributed by atoms with Crippen molar-refractivity contribution >= 4 is 5.91 Å².